The molecule has 0 saturated carbocycles. The second-order valence-corrected chi connectivity index (χ2v) is 6.90. The monoisotopic (exact) mass is 412 g/mol. The molecule has 1 saturated heterocycles. The molecule has 1 aliphatic heterocycles. The van der Waals surface area contributed by atoms with Crippen molar-refractivity contribution in [2.45, 2.75) is 0 Å². The zero-order valence-electron chi connectivity index (χ0n) is 16.4. The fourth-order valence-electron chi connectivity index (χ4n) is 3.49. The molecular weight excluding hydrogens is 388 g/mol. The van der Waals surface area contributed by atoms with Gasteiger partial charge in [-0.05, 0) is 17.7 Å². The van der Waals surface area contributed by atoms with Gasteiger partial charge in [0.05, 0.1) is 7.11 Å². The molecule has 1 aliphatic rings. The van der Waals surface area contributed by atoms with E-state index in [2.05, 4.69) is 29.2 Å². The van der Waals surface area contributed by atoms with Crippen molar-refractivity contribution < 1.29 is 13.9 Å². The number of fused-ring (bicyclic) bond motifs is 1. The number of hydrogen-bond donors (Lipinski definition) is 0. The fourth-order valence-corrected chi connectivity index (χ4v) is 3.49. The van der Waals surface area contributed by atoms with Gasteiger partial charge in [-0.2, -0.15) is 0 Å². The third kappa shape index (κ3) is 4.81. The van der Waals surface area contributed by atoms with Crippen molar-refractivity contribution in [1.29, 1.82) is 0 Å². The summed E-state index contributed by atoms with van der Waals surface area (Å²) in [5, 5.41) is 0.882. The first-order valence-electron chi connectivity index (χ1n) is 9.54. The average Bonchev–Trinajstić information content (AvgIpc) is 3.19. The van der Waals surface area contributed by atoms with E-state index in [-0.39, 0.29) is 18.3 Å². The van der Waals surface area contributed by atoms with Gasteiger partial charge < -0.3 is 14.1 Å². The molecule has 2 heterocycles. The normalized spacial score (nSPS) is 14.9. The second kappa shape index (κ2) is 9.63. The molecule has 0 radical (unpaired) electrons. The van der Waals surface area contributed by atoms with Gasteiger partial charge in [-0.1, -0.05) is 54.6 Å². The van der Waals surface area contributed by atoms with E-state index in [0.29, 0.717) is 30.2 Å². The maximum atomic E-state index is 12.8. The molecule has 0 atom stereocenters. The van der Waals surface area contributed by atoms with Gasteiger partial charge in [0.25, 0.3) is 5.91 Å². The van der Waals surface area contributed by atoms with Crippen LogP contribution in [-0.2, 0) is 0 Å². The highest BCUT2D eigenvalue weighted by molar-refractivity contribution is 5.97. The zero-order valence-corrected chi connectivity index (χ0v) is 17.2. The molecule has 0 N–H and O–H groups in total. The standard InChI is InChI=1S/C23H24N2O3.ClH/c1-27-20-11-5-10-19-17-21(28-22(19)20)23(26)25-15-13-24(14-16-25)12-6-9-18-7-3-2-4-8-18;/h2-11,17H,12-16H2,1H3;1H/b9-6+;. The molecule has 1 fully saturated rings. The molecule has 1 aromatic heterocycles. The third-order valence-corrected chi connectivity index (χ3v) is 5.07. The Bertz CT molecular complexity index is 976. The van der Waals surface area contributed by atoms with Crippen LogP contribution in [0.5, 0.6) is 5.75 Å². The average molecular weight is 413 g/mol. The highest BCUT2D eigenvalue weighted by Crippen LogP contribution is 2.29. The minimum absolute atomic E-state index is 0. The second-order valence-electron chi connectivity index (χ2n) is 6.90. The Balaban J connectivity index is 0.00000240. The molecule has 1 amide bonds. The smallest absolute Gasteiger partial charge is 0.289 e. The van der Waals surface area contributed by atoms with Crippen molar-refractivity contribution in [3.63, 3.8) is 0 Å². The topological polar surface area (TPSA) is 45.9 Å². The van der Waals surface area contributed by atoms with E-state index in [9.17, 15) is 4.79 Å². The van der Waals surface area contributed by atoms with Crippen LogP contribution in [0.2, 0.25) is 0 Å². The third-order valence-electron chi connectivity index (χ3n) is 5.07. The number of piperazine rings is 1. The van der Waals surface area contributed by atoms with Crippen LogP contribution in [0, 0.1) is 0 Å². The Labute approximate surface area is 177 Å². The number of methoxy groups -OCH3 is 1. The molecule has 5 nitrogen and oxygen atoms in total. The summed E-state index contributed by atoms with van der Waals surface area (Å²) in [4.78, 5) is 17.0. The summed E-state index contributed by atoms with van der Waals surface area (Å²) >= 11 is 0. The summed E-state index contributed by atoms with van der Waals surface area (Å²) in [5.74, 6) is 0.959. The lowest BCUT2D eigenvalue weighted by molar-refractivity contribution is 0.0621. The van der Waals surface area contributed by atoms with E-state index in [1.54, 1.807) is 13.2 Å². The van der Waals surface area contributed by atoms with Crippen molar-refractivity contribution in [1.82, 2.24) is 9.80 Å². The Morgan fingerprint density at radius 3 is 2.55 bits per heavy atom. The molecule has 2 aromatic carbocycles. The van der Waals surface area contributed by atoms with Gasteiger partial charge in [0.15, 0.2) is 17.1 Å². The van der Waals surface area contributed by atoms with E-state index in [4.69, 9.17) is 9.15 Å². The molecule has 3 aromatic rings. The highest BCUT2D eigenvalue weighted by atomic mass is 35.5. The molecule has 0 spiro atoms. The first-order chi connectivity index (χ1) is 13.7. The SMILES string of the molecule is COc1cccc2cc(C(=O)N3CCN(C/C=C/c4ccccc4)CC3)oc12.Cl. The van der Waals surface area contributed by atoms with Gasteiger partial charge in [0, 0.05) is 38.1 Å². The molecular formula is C23H25ClN2O3. The van der Waals surface area contributed by atoms with Crippen LogP contribution in [0.4, 0.5) is 0 Å². The number of hydrogen-bond acceptors (Lipinski definition) is 4. The van der Waals surface area contributed by atoms with Gasteiger partial charge in [0.2, 0.25) is 0 Å². The lowest BCUT2D eigenvalue weighted by atomic mass is 10.2. The number of carbonyl (C=O) groups excluding carboxylic acids is 1. The number of para-hydroxylation sites is 1. The Kier molecular flexibility index (Phi) is 6.96. The number of carbonyl (C=O) groups is 1. The Hall–Kier alpha value is -2.76. The van der Waals surface area contributed by atoms with Crippen molar-refractivity contribution in [3.8, 4) is 5.75 Å². The minimum Gasteiger partial charge on any atom is -0.493 e. The summed E-state index contributed by atoms with van der Waals surface area (Å²) in [6, 6.07) is 17.7. The number of rotatable bonds is 5. The number of ether oxygens (including phenoxy) is 1. The van der Waals surface area contributed by atoms with Gasteiger partial charge in [-0.3, -0.25) is 9.69 Å². The van der Waals surface area contributed by atoms with E-state index >= 15 is 0 Å². The predicted molar refractivity (Wildman–Crippen MR) is 118 cm³/mol. The quantitative estimate of drug-likeness (QED) is 0.625. The van der Waals surface area contributed by atoms with Crippen LogP contribution >= 0.6 is 12.4 Å². The van der Waals surface area contributed by atoms with Crippen LogP contribution in [0.1, 0.15) is 16.1 Å². The van der Waals surface area contributed by atoms with Crippen LogP contribution < -0.4 is 4.74 Å². The largest absolute Gasteiger partial charge is 0.493 e. The van der Waals surface area contributed by atoms with Gasteiger partial charge in [0.1, 0.15) is 0 Å². The number of halogens is 1. The number of benzene rings is 2. The maximum Gasteiger partial charge on any atom is 0.289 e. The van der Waals surface area contributed by atoms with Crippen molar-refractivity contribution in [3.05, 3.63) is 72.0 Å². The molecule has 152 valence electrons. The molecule has 6 heteroatoms. The van der Waals surface area contributed by atoms with E-state index < -0.39 is 0 Å². The van der Waals surface area contributed by atoms with E-state index in [1.165, 1.54) is 5.56 Å². The first kappa shape index (κ1) is 21.0. The number of furan rings is 1. The zero-order chi connectivity index (χ0) is 19.3. The highest BCUT2D eigenvalue weighted by Gasteiger charge is 2.24. The van der Waals surface area contributed by atoms with Crippen molar-refractivity contribution in [2.75, 3.05) is 39.8 Å². The van der Waals surface area contributed by atoms with Crippen LogP contribution in [-0.4, -0.2) is 55.5 Å². The van der Waals surface area contributed by atoms with Crippen LogP contribution in [0.25, 0.3) is 17.0 Å². The fraction of sp³-hybridized carbons (Fsp3) is 0.261. The summed E-state index contributed by atoms with van der Waals surface area (Å²) in [7, 11) is 1.60. The Morgan fingerprint density at radius 1 is 1.07 bits per heavy atom. The summed E-state index contributed by atoms with van der Waals surface area (Å²) in [5.41, 5.74) is 1.83. The molecule has 0 unspecified atom stereocenters. The van der Waals surface area contributed by atoms with E-state index in [1.807, 2.05) is 41.3 Å². The molecule has 0 aliphatic carbocycles. The summed E-state index contributed by atoms with van der Waals surface area (Å²) in [6.07, 6.45) is 4.32. The van der Waals surface area contributed by atoms with Crippen LogP contribution in [0.3, 0.4) is 0 Å². The summed E-state index contributed by atoms with van der Waals surface area (Å²) < 4.78 is 11.1. The van der Waals surface area contributed by atoms with Crippen LogP contribution in [0.15, 0.2) is 65.1 Å². The van der Waals surface area contributed by atoms with Crippen molar-refractivity contribution >= 4 is 35.4 Å². The maximum absolute atomic E-state index is 12.8. The van der Waals surface area contributed by atoms with Gasteiger partial charge in [-0.15, -0.1) is 12.4 Å². The summed E-state index contributed by atoms with van der Waals surface area (Å²) in [6.45, 7) is 4.00. The number of nitrogens with zero attached hydrogens (tertiary/aromatic N) is 2. The molecule has 29 heavy (non-hydrogen) atoms. The predicted octanol–water partition coefficient (Wildman–Crippen LogP) is 4.33. The Morgan fingerprint density at radius 2 is 1.83 bits per heavy atom. The lowest BCUT2D eigenvalue weighted by Crippen LogP contribution is -2.48. The molecule has 4 rings (SSSR count). The van der Waals surface area contributed by atoms with E-state index in [0.717, 1.165) is 25.0 Å². The number of amides is 1. The minimum atomic E-state index is -0.0577. The molecule has 0 bridgehead atoms. The lowest BCUT2D eigenvalue weighted by Gasteiger charge is -2.33. The first-order valence-corrected chi connectivity index (χ1v) is 9.54. The van der Waals surface area contributed by atoms with Crippen molar-refractivity contribution in [2.24, 2.45) is 0 Å². The van der Waals surface area contributed by atoms with Gasteiger partial charge >= 0.3 is 0 Å². The van der Waals surface area contributed by atoms with Gasteiger partial charge in [-0.25, -0.2) is 0 Å².